The molecular formula is C22H29N5O5. The average molecular weight is 444 g/mol. The lowest BCUT2D eigenvalue weighted by atomic mass is 9.94. The summed E-state index contributed by atoms with van der Waals surface area (Å²) in [6.45, 7) is 0. The fraction of sp³-hybridized carbons (Fsp3) is 0.727. The number of fused-ring (bicyclic) bond motifs is 2. The minimum absolute atomic E-state index is 0.383. The minimum Gasteiger partial charge on any atom is -0.479 e. The first-order chi connectivity index (χ1) is 15.6. The fourth-order valence-corrected chi connectivity index (χ4v) is 5.75. The maximum Gasteiger partial charge on any atom is 0.335 e. The van der Waals surface area contributed by atoms with Gasteiger partial charge in [-0.15, -0.1) is 0 Å². The molecule has 2 aromatic rings. The van der Waals surface area contributed by atoms with Gasteiger partial charge in [-0.25, -0.2) is 19.7 Å². The topological polar surface area (TPSA) is 121 Å². The van der Waals surface area contributed by atoms with E-state index in [0.717, 1.165) is 44.9 Å². The number of nitrogens with one attached hydrogen (secondary N) is 1. The lowest BCUT2D eigenvalue weighted by molar-refractivity contribution is -0.231. The van der Waals surface area contributed by atoms with Gasteiger partial charge in [0.1, 0.15) is 18.5 Å². The summed E-state index contributed by atoms with van der Waals surface area (Å²) < 4.78 is 20.4. The van der Waals surface area contributed by atoms with Crippen molar-refractivity contribution in [2.75, 3.05) is 5.32 Å². The Bertz CT molecular complexity index is 1000. The van der Waals surface area contributed by atoms with Gasteiger partial charge in [0, 0.05) is 18.9 Å². The van der Waals surface area contributed by atoms with E-state index in [-0.39, 0.29) is 0 Å². The van der Waals surface area contributed by atoms with Gasteiger partial charge in [0.25, 0.3) is 0 Å². The van der Waals surface area contributed by atoms with Gasteiger partial charge in [0.15, 0.2) is 35.1 Å². The number of aliphatic carboxylic acids is 1. The van der Waals surface area contributed by atoms with E-state index in [1.165, 1.54) is 25.6 Å². The Labute approximate surface area is 185 Å². The van der Waals surface area contributed by atoms with Crippen LogP contribution >= 0.6 is 0 Å². The van der Waals surface area contributed by atoms with E-state index in [4.69, 9.17) is 14.2 Å². The Hall–Kier alpha value is -2.30. The van der Waals surface area contributed by atoms with Gasteiger partial charge in [-0.05, 0) is 25.7 Å². The molecule has 4 atom stereocenters. The normalized spacial score (nSPS) is 32.4. The zero-order valence-corrected chi connectivity index (χ0v) is 18.0. The highest BCUT2D eigenvalue weighted by atomic mass is 16.8. The van der Waals surface area contributed by atoms with Crippen LogP contribution in [-0.4, -0.2) is 60.7 Å². The molecule has 4 fully saturated rings. The minimum atomic E-state index is -1.09. The predicted octanol–water partition coefficient (Wildman–Crippen LogP) is 3.00. The third kappa shape index (κ3) is 3.36. The zero-order chi connectivity index (χ0) is 21.7. The first-order valence-corrected chi connectivity index (χ1v) is 11.8. The second-order valence-electron chi connectivity index (χ2n) is 9.45. The molecule has 6 rings (SSSR count). The van der Waals surface area contributed by atoms with Gasteiger partial charge in [-0.3, -0.25) is 4.57 Å². The molecule has 2 N–H and O–H groups in total. The van der Waals surface area contributed by atoms with Crippen molar-refractivity contribution < 1.29 is 24.1 Å². The summed E-state index contributed by atoms with van der Waals surface area (Å²) in [5, 5.41) is 13.3. The number of aromatic nitrogens is 4. The molecule has 4 aliphatic rings. The molecule has 172 valence electrons. The fourth-order valence-electron chi connectivity index (χ4n) is 5.75. The number of hydrogen-bond donors (Lipinski definition) is 2. The van der Waals surface area contributed by atoms with E-state index < -0.39 is 36.3 Å². The molecule has 32 heavy (non-hydrogen) atoms. The van der Waals surface area contributed by atoms with Gasteiger partial charge < -0.3 is 24.6 Å². The van der Waals surface area contributed by atoms with Crippen LogP contribution in [0.25, 0.3) is 11.2 Å². The average Bonchev–Trinajstić information content (AvgIpc) is 3.47. The van der Waals surface area contributed by atoms with E-state index in [1.54, 1.807) is 10.9 Å². The van der Waals surface area contributed by atoms with Crippen LogP contribution in [0.5, 0.6) is 0 Å². The standard InChI is InChI=1S/C22H29N5O5/c28-21(29)17-15-16(32-22(31-15)9-5-2-6-10-22)20(30-17)27-12-25-14-18(23-11-24-19(14)27)26-13-7-3-1-4-8-13/h11-13,15-17,20H,1-10H2,(H,28,29)(H,23,24,26)/t15?,16?,17-,20+/m0/s1. The lowest BCUT2D eigenvalue weighted by Crippen LogP contribution is -2.38. The smallest absolute Gasteiger partial charge is 0.335 e. The summed E-state index contributed by atoms with van der Waals surface area (Å²) in [5.74, 6) is -1.04. The van der Waals surface area contributed by atoms with Gasteiger partial charge >= 0.3 is 5.97 Å². The third-order valence-corrected chi connectivity index (χ3v) is 7.33. The van der Waals surface area contributed by atoms with Gasteiger partial charge in [0.05, 0.1) is 6.33 Å². The molecule has 0 bridgehead atoms. The molecule has 0 radical (unpaired) electrons. The number of hydrogen-bond acceptors (Lipinski definition) is 8. The van der Waals surface area contributed by atoms with E-state index in [9.17, 15) is 9.90 Å². The van der Waals surface area contributed by atoms with E-state index in [1.807, 2.05) is 0 Å². The highest BCUT2D eigenvalue weighted by molar-refractivity contribution is 5.83. The Morgan fingerprint density at radius 1 is 1.03 bits per heavy atom. The third-order valence-electron chi connectivity index (χ3n) is 7.33. The molecule has 0 aromatic carbocycles. The maximum atomic E-state index is 11.9. The molecular weight excluding hydrogens is 414 g/mol. The second-order valence-corrected chi connectivity index (χ2v) is 9.45. The van der Waals surface area contributed by atoms with Crippen LogP contribution in [0.15, 0.2) is 12.7 Å². The lowest BCUT2D eigenvalue weighted by Gasteiger charge is -2.33. The maximum absolute atomic E-state index is 11.9. The number of carboxylic acid groups (broad SMARTS) is 1. The highest BCUT2D eigenvalue weighted by Gasteiger charge is 2.61. The summed E-state index contributed by atoms with van der Waals surface area (Å²) in [6, 6.07) is 0.383. The molecule has 2 saturated heterocycles. The van der Waals surface area contributed by atoms with Crippen LogP contribution in [0.4, 0.5) is 5.82 Å². The number of imidazole rings is 1. The van der Waals surface area contributed by atoms with E-state index >= 15 is 0 Å². The van der Waals surface area contributed by atoms with Crippen molar-refractivity contribution in [1.82, 2.24) is 19.5 Å². The molecule has 2 aromatic heterocycles. The van der Waals surface area contributed by atoms with Crippen molar-refractivity contribution in [3.63, 3.8) is 0 Å². The molecule has 2 aliphatic heterocycles. The summed E-state index contributed by atoms with van der Waals surface area (Å²) in [5.41, 5.74) is 1.25. The van der Waals surface area contributed by atoms with Gasteiger partial charge in [-0.1, -0.05) is 25.7 Å². The number of nitrogens with zero attached hydrogens (tertiary/aromatic N) is 4. The number of ether oxygens (including phenoxy) is 3. The van der Waals surface area contributed by atoms with Crippen molar-refractivity contribution in [2.24, 2.45) is 0 Å². The molecule has 2 unspecified atom stereocenters. The molecule has 10 heteroatoms. The number of carbonyl (C=O) groups is 1. The molecule has 1 spiro atoms. The van der Waals surface area contributed by atoms with Gasteiger partial charge in [-0.2, -0.15) is 0 Å². The van der Waals surface area contributed by atoms with Crippen LogP contribution < -0.4 is 5.32 Å². The van der Waals surface area contributed by atoms with Crippen molar-refractivity contribution >= 4 is 23.0 Å². The number of carboxylic acids is 1. The number of anilines is 1. The van der Waals surface area contributed by atoms with Crippen molar-refractivity contribution in [2.45, 2.75) is 101 Å². The van der Waals surface area contributed by atoms with Crippen molar-refractivity contribution in [3.8, 4) is 0 Å². The Balaban J connectivity index is 1.32. The zero-order valence-electron chi connectivity index (χ0n) is 18.0. The molecule has 4 heterocycles. The SMILES string of the molecule is O=C(O)[C@H]1O[C@@H](n2cnc3c(NC4CCCCC4)ncnc32)C2OC3(CCCCC3)OC21. The largest absolute Gasteiger partial charge is 0.479 e. The first-order valence-electron chi connectivity index (χ1n) is 11.8. The quantitative estimate of drug-likeness (QED) is 0.734. The Morgan fingerprint density at radius 2 is 1.78 bits per heavy atom. The predicted molar refractivity (Wildman–Crippen MR) is 113 cm³/mol. The van der Waals surface area contributed by atoms with Crippen LogP contribution in [0.1, 0.15) is 70.4 Å². The monoisotopic (exact) mass is 443 g/mol. The first kappa shape index (κ1) is 20.3. The van der Waals surface area contributed by atoms with Crippen molar-refractivity contribution in [1.29, 1.82) is 0 Å². The summed E-state index contributed by atoms with van der Waals surface area (Å²) >= 11 is 0. The van der Waals surface area contributed by atoms with Crippen LogP contribution in [0.2, 0.25) is 0 Å². The Morgan fingerprint density at radius 3 is 2.56 bits per heavy atom. The summed E-state index contributed by atoms with van der Waals surface area (Å²) in [4.78, 5) is 25.4. The molecule has 0 amide bonds. The second kappa shape index (κ2) is 7.93. The Kier molecular flexibility index (Phi) is 5.03. The van der Waals surface area contributed by atoms with Crippen LogP contribution in [-0.2, 0) is 19.0 Å². The van der Waals surface area contributed by atoms with E-state index in [0.29, 0.717) is 23.0 Å². The number of rotatable bonds is 4. The van der Waals surface area contributed by atoms with Crippen LogP contribution in [0.3, 0.4) is 0 Å². The van der Waals surface area contributed by atoms with Crippen LogP contribution in [0, 0.1) is 0 Å². The van der Waals surface area contributed by atoms with E-state index in [2.05, 4.69) is 20.3 Å². The summed E-state index contributed by atoms with van der Waals surface area (Å²) in [6.07, 6.45) is 10.9. The van der Waals surface area contributed by atoms with Gasteiger partial charge in [0.2, 0.25) is 0 Å². The molecule has 10 nitrogen and oxygen atoms in total. The molecule has 2 saturated carbocycles. The molecule has 2 aliphatic carbocycles. The van der Waals surface area contributed by atoms with Crippen molar-refractivity contribution in [3.05, 3.63) is 12.7 Å². The summed E-state index contributed by atoms with van der Waals surface area (Å²) in [7, 11) is 0. The highest BCUT2D eigenvalue weighted by Crippen LogP contribution is 2.49.